The predicted molar refractivity (Wildman–Crippen MR) is 121 cm³/mol. The predicted octanol–water partition coefficient (Wildman–Crippen LogP) is 3.42. The summed E-state index contributed by atoms with van der Waals surface area (Å²) in [5, 5.41) is 18.2. The van der Waals surface area contributed by atoms with E-state index < -0.39 is 0 Å². The number of benzene rings is 2. The average molecular weight is 431 g/mol. The van der Waals surface area contributed by atoms with Gasteiger partial charge in [-0.25, -0.2) is 0 Å². The van der Waals surface area contributed by atoms with E-state index in [-0.39, 0.29) is 11.8 Å². The number of carbonyl (C=O) groups excluding carboxylic acids is 2. The number of amides is 2. The zero-order valence-electron chi connectivity index (χ0n) is 17.1. The first-order chi connectivity index (χ1) is 15.1. The minimum atomic E-state index is 0.0603. The average Bonchev–Trinajstić information content (AvgIpc) is 3.41. The van der Waals surface area contributed by atoms with E-state index >= 15 is 0 Å². The van der Waals surface area contributed by atoms with Crippen molar-refractivity contribution in [3.63, 3.8) is 0 Å². The van der Waals surface area contributed by atoms with E-state index in [4.69, 9.17) is 10.5 Å². The molecule has 0 atom stereocenters. The fraction of sp³-hybridized carbons (Fsp3) is 0.333. The molecule has 2 aliphatic rings. The molecule has 156 valence electrons. The van der Waals surface area contributed by atoms with E-state index in [1.54, 1.807) is 45.8 Å². The minimum absolute atomic E-state index is 0.0603. The van der Waals surface area contributed by atoms with E-state index in [0.29, 0.717) is 48.6 Å². The summed E-state index contributed by atoms with van der Waals surface area (Å²) in [7, 11) is 0. The highest BCUT2D eigenvalue weighted by molar-refractivity contribution is 7.99. The lowest BCUT2D eigenvalue weighted by molar-refractivity contribution is -0.118. The Morgan fingerprint density at radius 1 is 0.806 bits per heavy atom. The second kappa shape index (κ2) is 9.24. The smallest absolute Gasteiger partial charge is 0.227 e. The van der Waals surface area contributed by atoms with Crippen LogP contribution in [0.1, 0.15) is 35.1 Å². The summed E-state index contributed by atoms with van der Waals surface area (Å²) < 4.78 is 0. The van der Waals surface area contributed by atoms with Gasteiger partial charge in [-0.2, -0.15) is 22.3 Å². The Morgan fingerprint density at radius 2 is 1.26 bits per heavy atom. The molecule has 7 heteroatoms. The number of rotatable bonds is 6. The normalized spacial score (nSPS) is 14.0. The summed E-state index contributed by atoms with van der Waals surface area (Å²) in [6, 6.07) is 15.3. The van der Waals surface area contributed by atoms with Crippen molar-refractivity contribution in [3.8, 4) is 12.1 Å². The highest BCUT2D eigenvalue weighted by atomic mass is 32.2. The molecule has 2 aromatic rings. The van der Waals surface area contributed by atoms with Crippen LogP contribution in [0.25, 0.3) is 0 Å². The second-order valence-corrected chi connectivity index (χ2v) is 8.84. The Morgan fingerprint density at radius 3 is 1.68 bits per heavy atom. The van der Waals surface area contributed by atoms with Crippen LogP contribution in [-0.2, 0) is 22.4 Å². The van der Waals surface area contributed by atoms with Gasteiger partial charge in [0.05, 0.1) is 23.3 Å². The molecule has 2 aromatic carbocycles. The van der Waals surface area contributed by atoms with E-state index in [2.05, 4.69) is 12.1 Å². The van der Waals surface area contributed by atoms with Crippen molar-refractivity contribution in [3.05, 3.63) is 58.7 Å². The topological polar surface area (TPSA) is 88.2 Å². The number of thioether (sulfide) groups is 1. The molecule has 0 aliphatic carbocycles. The quantitative estimate of drug-likeness (QED) is 0.655. The van der Waals surface area contributed by atoms with Gasteiger partial charge in [0.25, 0.3) is 0 Å². The molecule has 0 radical (unpaired) electrons. The maximum Gasteiger partial charge on any atom is 0.227 e. The third-order valence-corrected chi connectivity index (χ3v) is 6.73. The van der Waals surface area contributed by atoms with Gasteiger partial charge in [0.15, 0.2) is 0 Å². The summed E-state index contributed by atoms with van der Waals surface area (Å²) in [4.78, 5) is 28.8. The van der Waals surface area contributed by atoms with Crippen LogP contribution in [0.5, 0.6) is 0 Å². The van der Waals surface area contributed by atoms with E-state index in [1.807, 2.05) is 12.1 Å². The molecule has 0 unspecified atom stereocenters. The molecule has 0 saturated heterocycles. The van der Waals surface area contributed by atoms with Crippen molar-refractivity contribution in [1.82, 2.24) is 0 Å². The van der Waals surface area contributed by atoms with Gasteiger partial charge in [-0.1, -0.05) is 12.1 Å². The van der Waals surface area contributed by atoms with Crippen molar-refractivity contribution in [2.24, 2.45) is 0 Å². The van der Waals surface area contributed by atoms with Gasteiger partial charge in [-0.15, -0.1) is 0 Å². The van der Waals surface area contributed by atoms with Crippen molar-refractivity contribution in [1.29, 1.82) is 10.5 Å². The molecule has 31 heavy (non-hydrogen) atoms. The van der Waals surface area contributed by atoms with E-state index in [0.717, 1.165) is 35.3 Å². The fourth-order valence-electron chi connectivity index (χ4n) is 4.11. The van der Waals surface area contributed by atoms with Crippen molar-refractivity contribution >= 4 is 35.0 Å². The monoisotopic (exact) mass is 430 g/mol. The van der Waals surface area contributed by atoms with Gasteiger partial charge in [-0.3, -0.25) is 9.59 Å². The van der Waals surface area contributed by atoms with Crippen LogP contribution in [-0.4, -0.2) is 36.4 Å². The molecular weight excluding hydrogens is 408 g/mol. The Labute approximate surface area is 186 Å². The Kier molecular flexibility index (Phi) is 6.25. The van der Waals surface area contributed by atoms with Crippen molar-refractivity contribution in [2.75, 3.05) is 34.4 Å². The SMILES string of the molecule is N#Cc1ccc2c(c1)N(C(=O)CCSCCC(=O)N1CCc3ccc(C#N)cc31)CC2. The highest BCUT2D eigenvalue weighted by Gasteiger charge is 2.26. The Bertz CT molecular complexity index is 1030. The molecule has 2 aliphatic heterocycles. The summed E-state index contributed by atoms with van der Waals surface area (Å²) in [5.41, 5.74) is 5.06. The summed E-state index contributed by atoms with van der Waals surface area (Å²) in [6.45, 7) is 1.32. The van der Waals surface area contributed by atoms with Crippen LogP contribution < -0.4 is 9.80 Å². The molecule has 2 amide bonds. The summed E-state index contributed by atoms with van der Waals surface area (Å²) >= 11 is 1.61. The highest BCUT2D eigenvalue weighted by Crippen LogP contribution is 2.31. The van der Waals surface area contributed by atoms with Crippen LogP contribution in [0, 0.1) is 22.7 Å². The molecule has 0 aromatic heterocycles. The van der Waals surface area contributed by atoms with Gasteiger partial charge in [-0.05, 0) is 48.2 Å². The number of hydrogen-bond donors (Lipinski definition) is 0. The third-order valence-electron chi connectivity index (χ3n) is 5.74. The standard InChI is InChI=1S/C24H22N4O2S/c25-15-17-1-3-19-5-9-27(21(19)13-17)23(29)7-11-31-12-8-24(30)28-10-6-20-4-2-18(16-26)14-22(20)28/h1-4,13-14H,5-12H2. The number of fused-ring (bicyclic) bond motifs is 2. The van der Waals surface area contributed by atoms with Gasteiger partial charge < -0.3 is 9.80 Å². The molecule has 0 saturated carbocycles. The van der Waals surface area contributed by atoms with Crippen LogP contribution in [0.15, 0.2) is 36.4 Å². The van der Waals surface area contributed by atoms with E-state index in [9.17, 15) is 9.59 Å². The molecule has 6 nitrogen and oxygen atoms in total. The molecule has 0 bridgehead atoms. The Hall–Kier alpha value is -3.29. The maximum atomic E-state index is 12.6. The minimum Gasteiger partial charge on any atom is -0.312 e. The molecule has 0 spiro atoms. The second-order valence-electron chi connectivity index (χ2n) is 7.61. The third kappa shape index (κ3) is 4.42. The number of nitrogens with zero attached hydrogens (tertiary/aromatic N) is 4. The molecule has 0 N–H and O–H groups in total. The lowest BCUT2D eigenvalue weighted by Gasteiger charge is -2.18. The van der Waals surface area contributed by atoms with Gasteiger partial charge in [0.1, 0.15) is 0 Å². The number of nitriles is 2. The van der Waals surface area contributed by atoms with Gasteiger partial charge in [0, 0.05) is 48.8 Å². The molecule has 2 heterocycles. The summed E-state index contributed by atoms with van der Waals surface area (Å²) in [5.74, 6) is 1.44. The Balaban J connectivity index is 1.23. The number of hydrogen-bond acceptors (Lipinski definition) is 5. The van der Waals surface area contributed by atoms with E-state index in [1.165, 1.54) is 0 Å². The first kappa shape index (κ1) is 21.0. The molecule has 4 rings (SSSR count). The van der Waals surface area contributed by atoms with Gasteiger partial charge in [0.2, 0.25) is 11.8 Å². The van der Waals surface area contributed by atoms with Crippen LogP contribution >= 0.6 is 11.8 Å². The van der Waals surface area contributed by atoms with Gasteiger partial charge >= 0.3 is 0 Å². The fourth-order valence-corrected chi connectivity index (χ4v) is 4.95. The molecule has 0 fully saturated rings. The summed E-state index contributed by atoms with van der Waals surface area (Å²) in [6.07, 6.45) is 2.46. The zero-order chi connectivity index (χ0) is 21.8. The molecular formula is C24H22N4O2S. The van der Waals surface area contributed by atoms with Crippen molar-refractivity contribution in [2.45, 2.75) is 25.7 Å². The van der Waals surface area contributed by atoms with Crippen LogP contribution in [0.2, 0.25) is 0 Å². The van der Waals surface area contributed by atoms with Crippen LogP contribution in [0.4, 0.5) is 11.4 Å². The number of carbonyl (C=O) groups is 2. The first-order valence-electron chi connectivity index (χ1n) is 10.3. The largest absolute Gasteiger partial charge is 0.312 e. The first-order valence-corrected chi connectivity index (χ1v) is 11.5. The number of anilines is 2. The lowest BCUT2D eigenvalue weighted by Crippen LogP contribution is -2.30. The van der Waals surface area contributed by atoms with Crippen LogP contribution in [0.3, 0.4) is 0 Å². The zero-order valence-corrected chi connectivity index (χ0v) is 18.0. The lowest BCUT2D eigenvalue weighted by atomic mass is 10.1. The maximum absolute atomic E-state index is 12.6. The van der Waals surface area contributed by atoms with Crippen molar-refractivity contribution < 1.29 is 9.59 Å².